The van der Waals surface area contributed by atoms with Crippen molar-refractivity contribution in [2.45, 2.75) is 6.92 Å². The summed E-state index contributed by atoms with van der Waals surface area (Å²) in [5, 5.41) is 6.45. The molecule has 0 radical (unpaired) electrons. The van der Waals surface area contributed by atoms with Gasteiger partial charge in [0.15, 0.2) is 0 Å². The lowest BCUT2D eigenvalue weighted by Crippen LogP contribution is -1.88. The predicted molar refractivity (Wildman–Crippen MR) is 26.7 cm³/mol. The number of allylic oxidation sites excluding steroid dienone is 2. The molecule has 0 saturated carbocycles. The molecule has 3 N–H and O–H groups in total. The minimum Gasteiger partial charge on any atom is -0.402 e. The number of hydrogen-bond donors (Lipinski definition) is 2. The fourth-order valence-electron chi connectivity index (χ4n) is 0.131. The van der Waals surface area contributed by atoms with E-state index < -0.39 is 0 Å². The molecule has 2 heteroatoms. The highest BCUT2D eigenvalue weighted by Gasteiger charge is 1.64. The van der Waals surface area contributed by atoms with Crippen LogP contribution in [-0.2, 0) is 0 Å². The van der Waals surface area contributed by atoms with Crippen LogP contribution in [0, 0.1) is 5.41 Å². The first-order valence-corrected chi connectivity index (χ1v) is 1.70. The van der Waals surface area contributed by atoms with E-state index in [9.17, 15) is 0 Å². The van der Waals surface area contributed by atoms with Crippen molar-refractivity contribution in [1.29, 1.82) is 5.41 Å². The molecular formula is C4H8N2. The van der Waals surface area contributed by atoms with Crippen LogP contribution >= 0.6 is 0 Å². The zero-order chi connectivity index (χ0) is 4.99. The van der Waals surface area contributed by atoms with E-state index in [1.807, 2.05) is 0 Å². The number of rotatable bonds is 1. The summed E-state index contributed by atoms with van der Waals surface area (Å²) in [7, 11) is 0. The Balaban J connectivity index is 3.41. The summed E-state index contributed by atoms with van der Waals surface area (Å²) in [6, 6.07) is 0. The molecule has 0 aromatic carbocycles. The molecule has 0 aromatic heterocycles. The lowest BCUT2D eigenvalue weighted by molar-refractivity contribution is 1.32. The van der Waals surface area contributed by atoms with Gasteiger partial charge in [-0.2, -0.15) is 0 Å². The number of hydrogen-bond acceptors (Lipinski definition) is 2. The molecule has 0 aliphatic heterocycles. The Bertz CT molecular complexity index is 69.6. The summed E-state index contributed by atoms with van der Waals surface area (Å²) in [4.78, 5) is 0. The van der Waals surface area contributed by atoms with E-state index >= 15 is 0 Å². The van der Waals surface area contributed by atoms with Gasteiger partial charge in [-0.3, -0.25) is 0 Å². The van der Waals surface area contributed by atoms with Crippen molar-refractivity contribution in [3.63, 3.8) is 0 Å². The first-order chi connectivity index (χ1) is 2.77. The van der Waals surface area contributed by atoms with Crippen LogP contribution in [0.3, 0.4) is 0 Å². The van der Waals surface area contributed by atoms with E-state index in [0.717, 1.165) is 6.21 Å². The first kappa shape index (κ1) is 5.21. The molecule has 0 saturated heterocycles. The molecule has 0 amide bonds. The molecule has 6 heavy (non-hydrogen) atoms. The number of nitrogens with one attached hydrogen (secondary N) is 1. The lowest BCUT2D eigenvalue weighted by Gasteiger charge is -1.77. The van der Waals surface area contributed by atoms with E-state index in [1.165, 1.54) is 6.08 Å². The molecule has 0 rings (SSSR count). The van der Waals surface area contributed by atoms with E-state index in [0.29, 0.717) is 5.70 Å². The molecule has 0 bridgehead atoms. The Labute approximate surface area is 37.2 Å². The first-order valence-electron chi connectivity index (χ1n) is 1.70. The maximum absolute atomic E-state index is 6.45. The molecule has 34 valence electrons. The van der Waals surface area contributed by atoms with Crippen molar-refractivity contribution in [1.82, 2.24) is 0 Å². The topological polar surface area (TPSA) is 49.9 Å². The van der Waals surface area contributed by atoms with Gasteiger partial charge in [0.25, 0.3) is 0 Å². The fraction of sp³-hybridized carbons (Fsp3) is 0.250. The second-order valence-corrected chi connectivity index (χ2v) is 1.08. The molecule has 0 fully saturated rings. The largest absolute Gasteiger partial charge is 0.402 e. The smallest absolute Gasteiger partial charge is 0.0194 e. The summed E-state index contributed by atoms with van der Waals surface area (Å²) in [5.74, 6) is 0. The zero-order valence-corrected chi connectivity index (χ0v) is 3.73. The lowest BCUT2D eigenvalue weighted by atomic mass is 10.5. The second-order valence-electron chi connectivity index (χ2n) is 1.08. The number of nitrogens with two attached hydrogens (primary N) is 1. The van der Waals surface area contributed by atoms with Gasteiger partial charge in [0.2, 0.25) is 0 Å². The Morgan fingerprint density at radius 3 is 2.33 bits per heavy atom. The summed E-state index contributed by atoms with van der Waals surface area (Å²) in [6.07, 6.45) is 2.69. The SMILES string of the molecule is CC(N)=CC=N. The van der Waals surface area contributed by atoms with Gasteiger partial charge in [0.05, 0.1) is 0 Å². The summed E-state index contributed by atoms with van der Waals surface area (Å²) >= 11 is 0. The van der Waals surface area contributed by atoms with Crippen LogP contribution < -0.4 is 5.73 Å². The van der Waals surface area contributed by atoms with Crippen LogP contribution in [0.2, 0.25) is 0 Å². The maximum Gasteiger partial charge on any atom is 0.0194 e. The molecule has 0 aliphatic rings. The average molecular weight is 84.1 g/mol. The van der Waals surface area contributed by atoms with E-state index in [1.54, 1.807) is 6.92 Å². The highest BCUT2D eigenvalue weighted by Crippen LogP contribution is 1.70. The third-order valence-corrected chi connectivity index (χ3v) is 0.346. The highest BCUT2D eigenvalue weighted by molar-refractivity contribution is 5.68. The van der Waals surface area contributed by atoms with Crippen LogP contribution in [0.15, 0.2) is 11.8 Å². The van der Waals surface area contributed by atoms with Gasteiger partial charge >= 0.3 is 0 Å². The molecule has 0 atom stereocenters. The minimum atomic E-state index is 0.671. The molecule has 0 spiro atoms. The third-order valence-electron chi connectivity index (χ3n) is 0.346. The van der Waals surface area contributed by atoms with E-state index in [-0.39, 0.29) is 0 Å². The fourth-order valence-corrected chi connectivity index (χ4v) is 0.131. The second kappa shape index (κ2) is 2.45. The third kappa shape index (κ3) is 3.21. The Morgan fingerprint density at radius 2 is 2.33 bits per heavy atom. The summed E-state index contributed by atoms with van der Waals surface area (Å²) in [6.45, 7) is 1.74. The summed E-state index contributed by atoms with van der Waals surface area (Å²) < 4.78 is 0. The molecular weight excluding hydrogens is 76.1 g/mol. The van der Waals surface area contributed by atoms with Gasteiger partial charge in [-0.1, -0.05) is 0 Å². The predicted octanol–water partition coefficient (Wildman–Crippen LogP) is 0.498. The van der Waals surface area contributed by atoms with Crippen molar-refractivity contribution in [2.75, 3.05) is 0 Å². The normalized spacial score (nSPS) is 11.2. The minimum absolute atomic E-state index is 0.671. The van der Waals surface area contributed by atoms with Crippen LogP contribution in [0.1, 0.15) is 6.92 Å². The van der Waals surface area contributed by atoms with Crippen LogP contribution in [0.25, 0.3) is 0 Å². The van der Waals surface area contributed by atoms with Crippen LogP contribution in [0.5, 0.6) is 0 Å². The van der Waals surface area contributed by atoms with Gasteiger partial charge in [0, 0.05) is 11.9 Å². The monoisotopic (exact) mass is 84.1 g/mol. The van der Waals surface area contributed by atoms with Crippen molar-refractivity contribution >= 4 is 6.21 Å². The van der Waals surface area contributed by atoms with Gasteiger partial charge in [-0.25, -0.2) is 0 Å². The average Bonchev–Trinajstić information content (AvgIpc) is 1.35. The molecule has 0 aliphatic carbocycles. The van der Waals surface area contributed by atoms with E-state index in [4.69, 9.17) is 11.1 Å². The molecule has 0 heterocycles. The standard InChI is InChI=1S/C4H8N2/c1-4(6)2-3-5/h2-3,5H,6H2,1H3. The molecule has 0 unspecified atom stereocenters. The van der Waals surface area contributed by atoms with Gasteiger partial charge < -0.3 is 11.1 Å². The Kier molecular flexibility index (Phi) is 2.13. The maximum atomic E-state index is 6.45. The van der Waals surface area contributed by atoms with Crippen LogP contribution in [0.4, 0.5) is 0 Å². The highest BCUT2D eigenvalue weighted by atomic mass is 14.5. The van der Waals surface area contributed by atoms with Crippen LogP contribution in [-0.4, -0.2) is 6.21 Å². The van der Waals surface area contributed by atoms with Crippen molar-refractivity contribution in [3.8, 4) is 0 Å². The van der Waals surface area contributed by atoms with Gasteiger partial charge in [0.1, 0.15) is 0 Å². The Morgan fingerprint density at radius 1 is 1.83 bits per heavy atom. The van der Waals surface area contributed by atoms with Gasteiger partial charge in [-0.05, 0) is 13.0 Å². The van der Waals surface area contributed by atoms with Gasteiger partial charge in [-0.15, -0.1) is 0 Å². The summed E-state index contributed by atoms with van der Waals surface area (Å²) in [5.41, 5.74) is 5.78. The van der Waals surface area contributed by atoms with Crippen molar-refractivity contribution in [3.05, 3.63) is 11.8 Å². The van der Waals surface area contributed by atoms with Crippen molar-refractivity contribution in [2.24, 2.45) is 5.73 Å². The quantitative estimate of drug-likeness (QED) is 0.446. The van der Waals surface area contributed by atoms with E-state index in [2.05, 4.69) is 0 Å². The van der Waals surface area contributed by atoms with Crippen molar-refractivity contribution < 1.29 is 0 Å². The molecule has 0 aromatic rings. The zero-order valence-electron chi connectivity index (χ0n) is 3.73. The Hall–Kier alpha value is -0.790. The molecule has 2 nitrogen and oxygen atoms in total.